The van der Waals surface area contributed by atoms with Crippen LogP contribution in [0.3, 0.4) is 0 Å². The van der Waals surface area contributed by atoms with Crippen LogP contribution in [0.25, 0.3) is 22.0 Å². The summed E-state index contributed by atoms with van der Waals surface area (Å²) in [5.41, 5.74) is 8.87. The molecule has 0 radical (unpaired) electrons. The molecule has 0 atom stereocenters. The van der Waals surface area contributed by atoms with E-state index in [1.807, 2.05) is 0 Å². The Kier molecular flexibility index (Phi) is 5.13. The molecule has 0 saturated heterocycles. The fraction of sp³-hybridized carbons (Fsp3) is 0.214. The first-order chi connectivity index (χ1) is 15.1. The van der Waals surface area contributed by atoms with Gasteiger partial charge in [-0.05, 0) is 55.9 Å². The van der Waals surface area contributed by atoms with Gasteiger partial charge in [0.25, 0.3) is 0 Å². The molecule has 0 bridgehead atoms. The second kappa shape index (κ2) is 8.09. The Bertz CT molecular complexity index is 1250. The number of aromatic nitrogens is 1. The van der Waals surface area contributed by atoms with E-state index in [0.29, 0.717) is 0 Å². The maximum absolute atomic E-state index is 2.46. The van der Waals surface area contributed by atoms with E-state index in [2.05, 4.69) is 120 Å². The summed E-state index contributed by atoms with van der Waals surface area (Å²) in [5, 5.41) is 1.27. The van der Waals surface area contributed by atoms with Gasteiger partial charge in [0.2, 0.25) is 0 Å². The van der Waals surface area contributed by atoms with E-state index in [4.69, 9.17) is 0 Å². The Morgan fingerprint density at radius 1 is 0.871 bits per heavy atom. The molecule has 2 heterocycles. The van der Waals surface area contributed by atoms with Crippen molar-refractivity contribution in [1.29, 1.82) is 0 Å². The zero-order valence-corrected chi connectivity index (χ0v) is 18.5. The molecule has 0 unspecified atom stereocenters. The minimum absolute atomic E-state index is 0.982. The molecule has 4 aromatic rings. The van der Waals surface area contributed by atoms with Gasteiger partial charge < -0.3 is 14.4 Å². The average molecular weight is 408 g/mol. The number of aryl methyl sites for hydroxylation is 2. The highest BCUT2D eigenvalue weighted by atomic mass is 15.2. The van der Waals surface area contributed by atoms with Crippen LogP contribution >= 0.6 is 0 Å². The van der Waals surface area contributed by atoms with Crippen LogP contribution in [0.2, 0.25) is 0 Å². The van der Waals surface area contributed by atoms with Crippen molar-refractivity contribution in [3.05, 3.63) is 96.3 Å². The van der Waals surface area contributed by atoms with Crippen LogP contribution in [0.1, 0.15) is 12.0 Å². The second-order valence-corrected chi connectivity index (χ2v) is 8.60. The molecule has 0 saturated carbocycles. The Morgan fingerprint density at radius 3 is 2.45 bits per heavy atom. The van der Waals surface area contributed by atoms with Crippen molar-refractivity contribution in [2.75, 3.05) is 25.0 Å². The maximum Gasteiger partial charge on any atom is 0.0536 e. The van der Waals surface area contributed by atoms with Crippen molar-refractivity contribution >= 4 is 22.3 Å². The van der Waals surface area contributed by atoms with Gasteiger partial charge in [-0.1, -0.05) is 48.0 Å². The number of hydrogen-bond donors (Lipinski definition) is 0. The fourth-order valence-corrected chi connectivity index (χ4v) is 4.48. The second-order valence-electron chi connectivity index (χ2n) is 8.60. The predicted octanol–water partition coefficient (Wildman–Crippen LogP) is 6.51. The molecule has 31 heavy (non-hydrogen) atoms. The summed E-state index contributed by atoms with van der Waals surface area (Å²) in [4.78, 5) is 4.82. The van der Waals surface area contributed by atoms with Crippen molar-refractivity contribution in [3.8, 4) is 11.1 Å². The molecule has 3 nitrogen and oxygen atoms in total. The lowest BCUT2D eigenvalue weighted by Crippen LogP contribution is -2.29. The third-order valence-corrected chi connectivity index (χ3v) is 6.31. The molecule has 0 spiro atoms. The summed E-state index contributed by atoms with van der Waals surface area (Å²) in [6.45, 7) is 4.20. The van der Waals surface area contributed by atoms with Crippen LogP contribution in [0.4, 0.5) is 11.4 Å². The summed E-state index contributed by atoms with van der Waals surface area (Å²) in [6.07, 6.45) is 5.54. The number of benzene rings is 3. The molecular formula is C28H29N3. The zero-order chi connectivity index (χ0) is 21.4. The highest BCUT2D eigenvalue weighted by Crippen LogP contribution is 2.40. The number of anilines is 2. The summed E-state index contributed by atoms with van der Waals surface area (Å²) in [5.74, 6) is 0. The SMILES string of the molecule is Cc1ccc(N(C2=CCN(C)CC2)c2ccccc2-c2ccc3c(ccn3C)c2)cc1. The molecule has 0 aliphatic carbocycles. The highest BCUT2D eigenvalue weighted by Gasteiger charge is 2.21. The number of nitrogens with zero attached hydrogens (tertiary/aromatic N) is 3. The van der Waals surface area contributed by atoms with Gasteiger partial charge in [-0.2, -0.15) is 0 Å². The molecule has 1 aliphatic rings. The maximum atomic E-state index is 2.46. The van der Waals surface area contributed by atoms with Gasteiger partial charge in [0.1, 0.15) is 0 Å². The first kappa shape index (κ1) is 19.7. The largest absolute Gasteiger partial charge is 0.351 e. The van der Waals surface area contributed by atoms with E-state index in [1.165, 1.54) is 44.7 Å². The molecule has 1 aliphatic heterocycles. The smallest absolute Gasteiger partial charge is 0.0536 e. The normalized spacial score (nSPS) is 14.6. The number of hydrogen-bond acceptors (Lipinski definition) is 2. The Balaban J connectivity index is 1.67. The lowest BCUT2D eigenvalue weighted by Gasteiger charge is -2.33. The average Bonchev–Trinajstić information content (AvgIpc) is 3.17. The summed E-state index contributed by atoms with van der Waals surface area (Å²) >= 11 is 0. The summed E-state index contributed by atoms with van der Waals surface area (Å²) < 4.78 is 2.17. The van der Waals surface area contributed by atoms with E-state index in [1.54, 1.807) is 0 Å². The number of para-hydroxylation sites is 1. The van der Waals surface area contributed by atoms with E-state index in [9.17, 15) is 0 Å². The van der Waals surface area contributed by atoms with Crippen LogP contribution in [0, 0.1) is 6.92 Å². The minimum atomic E-state index is 0.982. The zero-order valence-electron chi connectivity index (χ0n) is 18.5. The number of fused-ring (bicyclic) bond motifs is 1. The van der Waals surface area contributed by atoms with Crippen LogP contribution in [-0.2, 0) is 7.05 Å². The van der Waals surface area contributed by atoms with E-state index < -0.39 is 0 Å². The predicted molar refractivity (Wildman–Crippen MR) is 132 cm³/mol. The first-order valence-corrected chi connectivity index (χ1v) is 11.0. The standard InChI is InChI=1S/C28H29N3/c1-21-8-11-24(12-9-21)31(25-15-17-29(2)18-16-25)28-7-5-4-6-26(28)22-10-13-27-23(20-22)14-19-30(27)3/h4-15,19-20H,16-18H2,1-3H3. The van der Waals surface area contributed by atoms with Crippen molar-refractivity contribution in [2.24, 2.45) is 7.05 Å². The molecular weight excluding hydrogens is 378 g/mol. The molecule has 0 fully saturated rings. The minimum Gasteiger partial charge on any atom is -0.351 e. The van der Waals surface area contributed by atoms with E-state index in [0.717, 1.165) is 19.5 Å². The third kappa shape index (κ3) is 3.77. The Labute approximate surface area is 184 Å². The van der Waals surface area contributed by atoms with Gasteiger partial charge in [0.15, 0.2) is 0 Å². The molecule has 5 rings (SSSR count). The molecule has 1 aromatic heterocycles. The molecule has 156 valence electrons. The topological polar surface area (TPSA) is 11.4 Å². The van der Waals surface area contributed by atoms with Crippen LogP contribution in [0.15, 0.2) is 90.8 Å². The quantitative estimate of drug-likeness (QED) is 0.382. The highest BCUT2D eigenvalue weighted by molar-refractivity contribution is 5.90. The van der Waals surface area contributed by atoms with Crippen molar-refractivity contribution in [1.82, 2.24) is 9.47 Å². The Morgan fingerprint density at radius 2 is 1.68 bits per heavy atom. The van der Waals surface area contributed by atoms with Crippen molar-refractivity contribution < 1.29 is 0 Å². The monoisotopic (exact) mass is 407 g/mol. The van der Waals surface area contributed by atoms with Crippen molar-refractivity contribution in [2.45, 2.75) is 13.3 Å². The van der Waals surface area contributed by atoms with Gasteiger partial charge in [0.05, 0.1) is 5.69 Å². The van der Waals surface area contributed by atoms with E-state index in [-0.39, 0.29) is 0 Å². The summed E-state index contributed by atoms with van der Waals surface area (Å²) in [6, 6.07) is 26.7. The van der Waals surface area contributed by atoms with Gasteiger partial charge in [-0.3, -0.25) is 0 Å². The Hall–Kier alpha value is -3.30. The van der Waals surface area contributed by atoms with Gasteiger partial charge in [0, 0.05) is 60.6 Å². The van der Waals surface area contributed by atoms with Crippen LogP contribution in [-0.4, -0.2) is 29.6 Å². The number of likely N-dealkylation sites (N-methyl/N-ethyl adjacent to an activating group) is 1. The van der Waals surface area contributed by atoms with Crippen LogP contribution < -0.4 is 4.90 Å². The van der Waals surface area contributed by atoms with E-state index >= 15 is 0 Å². The molecule has 0 amide bonds. The lowest BCUT2D eigenvalue weighted by molar-refractivity contribution is 0.358. The summed E-state index contributed by atoms with van der Waals surface area (Å²) in [7, 11) is 4.29. The van der Waals surface area contributed by atoms with Gasteiger partial charge >= 0.3 is 0 Å². The van der Waals surface area contributed by atoms with Gasteiger partial charge in [-0.25, -0.2) is 0 Å². The molecule has 3 aromatic carbocycles. The van der Waals surface area contributed by atoms with Crippen LogP contribution in [0.5, 0.6) is 0 Å². The number of rotatable bonds is 4. The van der Waals surface area contributed by atoms with Crippen molar-refractivity contribution in [3.63, 3.8) is 0 Å². The fourth-order valence-electron chi connectivity index (χ4n) is 4.48. The molecule has 3 heteroatoms. The first-order valence-electron chi connectivity index (χ1n) is 11.0. The third-order valence-electron chi connectivity index (χ3n) is 6.31. The van der Waals surface area contributed by atoms with Gasteiger partial charge in [-0.15, -0.1) is 0 Å². The lowest BCUT2D eigenvalue weighted by atomic mass is 9.99. The molecule has 0 N–H and O–H groups in total.